The largest absolute Gasteiger partial charge is 0.348 e. The fourth-order valence-corrected chi connectivity index (χ4v) is 4.86. The van der Waals surface area contributed by atoms with Crippen molar-refractivity contribution in [2.45, 2.75) is 31.8 Å². The van der Waals surface area contributed by atoms with Gasteiger partial charge in [-0.2, -0.15) is 5.10 Å². The number of carbonyl (C=O) groups excluding carboxylic acids is 1. The number of hydrogen-bond acceptors (Lipinski definition) is 5. The summed E-state index contributed by atoms with van der Waals surface area (Å²) < 4.78 is 0. The number of amides is 1. The summed E-state index contributed by atoms with van der Waals surface area (Å²) in [6.07, 6.45) is 2.19. The van der Waals surface area contributed by atoms with Crippen molar-refractivity contribution in [3.63, 3.8) is 0 Å². The van der Waals surface area contributed by atoms with Gasteiger partial charge in [0.2, 0.25) is 0 Å². The molecule has 1 aromatic carbocycles. The van der Waals surface area contributed by atoms with Gasteiger partial charge in [0.25, 0.3) is 5.91 Å². The van der Waals surface area contributed by atoms with Crippen molar-refractivity contribution in [1.82, 2.24) is 25.8 Å². The Labute approximate surface area is 149 Å². The predicted octanol–water partition coefficient (Wildman–Crippen LogP) is 2.48. The van der Waals surface area contributed by atoms with E-state index in [1.54, 1.807) is 11.3 Å². The van der Waals surface area contributed by atoms with E-state index in [0.29, 0.717) is 17.7 Å². The number of nitrogens with zero attached hydrogens (tertiary/aromatic N) is 2. The molecule has 1 aliphatic carbocycles. The number of aromatic nitrogens is 3. The lowest BCUT2D eigenvalue weighted by Gasteiger charge is -2.23. The predicted molar refractivity (Wildman–Crippen MR) is 97.7 cm³/mol. The van der Waals surface area contributed by atoms with Crippen molar-refractivity contribution in [3.8, 4) is 10.6 Å². The van der Waals surface area contributed by atoms with Crippen LogP contribution in [-0.2, 0) is 0 Å². The minimum absolute atomic E-state index is 0.0818. The quantitative estimate of drug-likeness (QED) is 0.675. The summed E-state index contributed by atoms with van der Waals surface area (Å²) in [5.41, 5.74) is 3.41. The molecular formula is C18H19N5OS. The van der Waals surface area contributed by atoms with Crippen molar-refractivity contribution >= 4 is 28.1 Å². The molecule has 2 aliphatic rings. The van der Waals surface area contributed by atoms with Crippen LogP contribution in [0.2, 0.25) is 0 Å². The van der Waals surface area contributed by atoms with Crippen LogP contribution in [0, 0.1) is 12.8 Å². The molecule has 6 nitrogen and oxygen atoms in total. The Balaban J connectivity index is 1.41. The van der Waals surface area contributed by atoms with E-state index in [1.165, 1.54) is 6.42 Å². The monoisotopic (exact) mass is 353 g/mol. The number of H-pyrrole nitrogens is 1. The number of nitrogens with one attached hydrogen (secondary N) is 3. The summed E-state index contributed by atoms with van der Waals surface area (Å²) >= 11 is 1.62. The minimum Gasteiger partial charge on any atom is -0.348 e. The van der Waals surface area contributed by atoms with Gasteiger partial charge in [-0.15, -0.1) is 11.3 Å². The summed E-state index contributed by atoms with van der Waals surface area (Å²) in [4.78, 5) is 17.2. The van der Waals surface area contributed by atoms with E-state index < -0.39 is 0 Å². The third kappa shape index (κ3) is 2.54. The van der Waals surface area contributed by atoms with Crippen LogP contribution in [0.25, 0.3) is 21.5 Å². The average Bonchev–Trinajstić information content (AvgIpc) is 3.37. The average molecular weight is 353 g/mol. The van der Waals surface area contributed by atoms with E-state index >= 15 is 0 Å². The molecule has 128 valence electrons. The van der Waals surface area contributed by atoms with E-state index in [0.717, 1.165) is 40.1 Å². The second-order valence-electron chi connectivity index (χ2n) is 7.04. The van der Waals surface area contributed by atoms with Crippen LogP contribution in [0.15, 0.2) is 23.6 Å². The number of aromatic amines is 1. The summed E-state index contributed by atoms with van der Waals surface area (Å²) in [6.45, 7) is 3.00. The summed E-state index contributed by atoms with van der Waals surface area (Å²) in [6, 6.07) is 6.81. The molecule has 2 bridgehead atoms. The van der Waals surface area contributed by atoms with Crippen molar-refractivity contribution in [1.29, 1.82) is 0 Å². The lowest BCUT2D eigenvalue weighted by molar-refractivity contribution is 0.0921. The maximum atomic E-state index is 12.7. The molecule has 3 unspecified atom stereocenters. The Morgan fingerprint density at radius 2 is 2.28 bits per heavy atom. The number of fused-ring (bicyclic) bond motifs is 3. The third-order valence-corrected chi connectivity index (χ3v) is 6.33. The van der Waals surface area contributed by atoms with Crippen LogP contribution in [0.3, 0.4) is 0 Å². The second-order valence-corrected chi connectivity index (χ2v) is 7.90. The van der Waals surface area contributed by atoms with Gasteiger partial charge < -0.3 is 10.6 Å². The fourth-order valence-electron chi connectivity index (χ4n) is 4.06. The zero-order chi connectivity index (χ0) is 17.0. The molecule has 5 rings (SSSR count). The van der Waals surface area contributed by atoms with Crippen LogP contribution < -0.4 is 10.6 Å². The molecule has 1 aliphatic heterocycles. The van der Waals surface area contributed by atoms with Gasteiger partial charge in [0, 0.05) is 40.7 Å². The molecule has 25 heavy (non-hydrogen) atoms. The highest BCUT2D eigenvalue weighted by atomic mass is 32.1. The second kappa shape index (κ2) is 5.64. The van der Waals surface area contributed by atoms with Gasteiger partial charge in [-0.1, -0.05) is 6.07 Å². The molecule has 3 N–H and O–H groups in total. The van der Waals surface area contributed by atoms with Crippen LogP contribution >= 0.6 is 11.3 Å². The van der Waals surface area contributed by atoms with Gasteiger partial charge in [-0.25, -0.2) is 4.98 Å². The molecular weight excluding hydrogens is 334 g/mol. The lowest BCUT2D eigenvalue weighted by Crippen LogP contribution is -2.44. The highest BCUT2D eigenvalue weighted by Crippen LogP contribution is 2.32. The maximum absolute atomic E-state index is 12.7. The van der Waals surface area contributed by atoms with E-state index in [9.17, 15) is 4.79 Å². The first-order chi connectivity index (χ1) is 12.2. The first-order valence-electron chi connectivity index (χ1n) is 8.62. The molecule has 3 aromatic rings. The van der Waals surface area contributed by atoms with Gasteiger partial charge in [0.05, 0.1) is 5.52 Å². The molecule has 0 radical (unpaired) electrons. The van der Waals surface area contributed by atoms with Gasteiger partial charge in [0.15, 0.2) is 5.69 Å². The van der Waals surface area contributed by atoms with Crippen LogP contribution in [-0.4, -0.2) is 39.7 Å². The number of piperidine rings is 1. The Morgan fingerprint density at radius 1 is 1.36 bits per heavy atom. The van der Waals surface area contributed by atoms with Gasteiger partial charge in [-0.05, 0) is 37.8 Å². The van der Waals surface area contributed by atoms with E-state index in [-0.39, 0.29) is 11.9 Å². The highest BCUT2D eigenvalue weighted by Gasteiger charge is 2.40. The Bertz CT molecular complexity index is 961. The molecule has 0 spiro atoms. The first kappa shape index (κ1) is 15.0. The molecule has 7 heteroatoms. The Kier molecular flexibility index (Phi) is 3.39. The number of hydrogen-bond donors (Lipinski definition) is 3. The molecule has 1 saturated carbocycles. The molecule has 3 atom stereocenters. The smallest absolute Gasteiger partial charge is 0.272 e. The molecule has 2 aromatic heterocycles. The van der Waals surface area contributed by atoms with Gasteiger partial charge in [0.1, 0.15) is 5.01 Å². The van der Waals surface area contributed by atoms with Crippen molar-refractivity contribution < 1.29 is 4.79 Å². The topological polar surface area (TPSA) is 82.7 Å². The van der Waals surface area contributed by atoms with E-state index in [2.05, 4.69) is 25.8 Å². The number of benzene rings is 1. The summed E-state index contributed by atoms with van der Waals surface area (Å²) in [5.74, 6) is 0.473. The maximum Gasteiger partial charge on any atom is 0.272 e. The van der Waals surface area contributed by atoms with Crippen molar-refractivity contribution in [3.05, 3.63) is 35.0 Å². The van der Waals surface area contributed by atoms with Gasteiger partial charge in [-0.3, -0.25) is 9.89 Å². The zero-order valence-corrected chi connectivity index (χ0v) is 14.7. The third-order valence-electron chi connectivity index (χ3n) is 5.32. The van der Waals surface area contributed by atoms with E-state index in [4.69, 9.17) is 0 Å². The van der Waals surface area contributed by atoms with E-state index in [1.807, 2.05) is 30.5 Å². The van der Waals surface area contributed by atoms with Crippen LogP contribution in [0.1, 0.15) is 29.0 Å². The van der Waals surface area contributed by atoms with Crippen LogP contribution in [0.5, 0.6) is 0 Å². The Hall–Kier alpha value is -2.25. The van der Waals surface area contributed by atoms with Crippen LogP contribution in [0.4, 0.5) is 0 Å². The zero-order valence-electron chi connectivity index (χ0n) is 13.9. The SMILES string of the molecule is Cc1csc(-c2ccc3c(C(=O)NC4CC5CC4CN5)n[nH]c3c2)n1. The van der Waals surface area contributed by atoms with Crippen molar-refractivity contribution in [2.24, 2.45) is 5.92 Å². The number of thiazole rings is 1. The number of aryl methyl sites for hydroxylation is 1. The first-order valence-corrected chi connectivity index (χ1v) is 9.50. The van der Waals surface area contributed by atoms with Gasteiger partial charge >= 0.3 is 0 Å². The summed E-state index contributed by atoms with van der Waals surface area (Å²) in [7, 11) is 0. The normalized spacial score (nSPS) is 24.9. The number of rotatable bonds is 3. The molecule has 1 amide bonds. The molecule has 3 heterocycles. The molecule has 2 fully saturated rings. The fraction of sp³-hybridized carbons (Fsp3) is 0.389. The van der Waals surface area contributed by atoms with Crippen molar-refractivity contribution in [2.75, 3.05) is 6.54 Å². The molecule has 1 saturated heterocycles. The lowest BCUT2D eigenvalue weighted by atomic mass is 10.0. The Morgan fingerprint density at radius 3 is 3.00 bits per heavy atom. The highest BCUT2D eigenvalue weighted by molar-refractivity contribution is 7.13. The number of carbonyl (C=O) groups is 1. The summed E-state index contributed by atoms with van der Waals surface area (Å²) in [5, 5.41) is 17.8. The minimum atomic E-state index is -0.0818. The standard InChI is InChI=1S/C18H19N5OS/c1-9-8-25-18(20-9)10-2-3-13-15(5-10)22-23-16(13)17(24)21-14-6-12-4-11(14)7-19-12/h2-3,5,8,11-12,14,19H,4,6-7H2,1H3,(H,21,24)(H,22,23).